The van der Waals surface area contributed by atoms with Crippen molar-refractivity contribution >= 4 is 0 Å². The van der Waals surface area contributed by atoms with E-state index in [1.807, 2.05) is 0 Å². The van der Waals surface area contributed by atoms with Crippen LogP contribution in [0.5, 0.6) is 17.4 Å². The maximum Gasteiger partial charge on any atom is 0.232 e. The number of phenolic OH excluding ortho intramolecular Hbond substituents is 1. The molecule has 0 radical (unpaired) electrons. The Bertz CT molecular complexity index is 553. The van der Waals surface area contributed by atoms with Crippen molar-refractivity contribution in [2.24, 2.45) is 0 Å². The second kappa shape index (κ2) is 5.62. The molecule has 1 unspecified atom stereocenters. The Hall–Kier alpha value is -2.21. The lowest BCUT2D eigenvalue weighted by atomic mass is 10.1. The first kappa shape index (κ1) is 13.2. The molecule has 0 aliphatic carbocycles. The molecule has 6 nitrogen and oxygen atoms in total. The van der Waals surface area contributed by atoms with E-state index in [0.29, 0.717) is 22.9 Å². The molecule has 102 valence electrons. The summed E-state index contributed by atoms with van der Waals surface area (Å²) in [5, 5.41) is 25.4. The van der Waals surface area contributed by atoms with Gasteiger partial charge in [0.25, 0.3) is 0 Å². The first-order chi connectivity index (χ1) is 9.13. The summed E-state index contributed by atoms with van der Waals surface area (Å²) in [5.41, 5.74) is 1.31. The topological polar surface area (TPSA) is 87.6 Å². The molecule has 1 atom stereocenters. The van der Waals surface area contributed by atoms with Crippen LogP contribution in [0.25, 0.3) is 11.3 Å². The van der Waals surface area contributed by atoms with E-state index in [1.165, 1.54) is 13.2 Å². The number of nitrogens with one attached hydrogen (secondary N) is 1. The smallest absolute Gasteiger partial charge is 0.232 e. The standard InChI is InChI=1S/C13H16N2O4/c1-8(7-16)19-12-4-3-9(17)5-10(12)11-6-13(18-2)15-14-11/h3-6,8,16-17H,7H2,1-2H3,(H,14,15). The number of aromatic amines is 1. The third kappa shape index (κ3) is 2.97. The summed E-state index contributed by atoms with van der Waals surface area (Å²) >= 11 is 0. The summed E-state index contributed by atoms with van der Waals surface area (Å²) in [4.78, 5) is 0. The zero-order chi connectivity index (χ0) is 13.8. The Labute approximate surface area is 110 Å². The normalized spacial score (nSPS) is 12.2. The van der Waals surface area contributed by atoms with Crippen LogP contribution in [0.4, 0.5) is 0 Å². The quantitative estimate of drug-likeness (QED) is 0.762. The van der Waals surface area contributed by atoms with Crippen LogP contribution < -0.4 is 9.47 Å². The summed E-state index contributed by atoms with van der Waals surface area (Å²) in [6.45, 7) is 1.66. The number of benzene rings is 1. The summed E-state index contributed by atoms with van der Waals surface area (Å²) in [7, 11) is 1.52. The van der Waals surface area contributed by atoms with Gasteiger partial charge in [0.1, 0.15) is 17.6 Å². The van der Waals surface area contributed by atoms with Gasteiger partial charge in [-0.05, 0) is 25.1 Å². The van der Waals surface area contributed by atoms with Crippen LogP contribution >= 0.6 is 0 Å². The molecule has 3 N–H and O–H groups in total. The van der Waals surface area contributed by atoms with Crippen molar-refractivity contribution in [3.8, 4) is 28.6 Å². The largest absolute Gasteiger partial charge is 0.508 e. The molecular formula is C13H16N2O4. The molecule has 0 saturated heterocycles. The van der Waals surface area contributed by atoms with Crippen LogP contribution in [0.15, 0.2) is 24.3 Å². The van der Waals surface area contributed by atoms with Gasteiger partial charge in [0.05, 0.1) is 19.4 Å². The average molecular weight is 264 g/mol. The molecule has 2 rings (SSSR count). The van der Waals surface area contributed by atoms with E-state index in [9.17, 15) is 5.11 Å². The molecule has 0 bridgehead atoms. The monoisotopic (exact) mass is 264 g/mol. The number of hydrogen-bond acceptors (Lipinski definition) is 5. The van der Waals surface area contributed by atoms with Crippen LogP contribution in [-0.2, 0) is 0 Å². The Kier molecular flexibility index (Phi) is 3.91. The molecule has 2 aromatic rings. The SMILES string of the molecule is COc1cc(-c2cc(O)ccc2OC(C)CO)[nH]n1. The Balaban J connectivity index is 2.39. The van der Waals surface area contributed by atoms with Gasteiger partial charge in [-0.3, -0.25) is 5.10 Å². The molecule has 6 heteroatoms. The van der Waals surface area contributed by atoms with Crippen LogP contribution in [0, 0.1) is 0 Å². The number of phenols is 1. The van der Waals surface area contributed by atoms with Gasteiger partial charge >= 0.3 is 0 Å². The lowest BCUT2D eigenvalue weighted by Gasteiger charge is -2.15. The highest BCUT2D eigenvalue weighted by Crippen LogP contribution is 2.33. The molecule has 1 aromatic carbocycles. The van der Waals surface area contributed by atoms with Gasteiger partial charge in [-0.15, -0.1) is 5.10 Å². The lowest BCUT2D eigenvalue weighted by molar-refractivity contribution is 0.130. The van der Waals surface area contributed by atoms with E-state index in [0.717, 1.165) is 0 Å². The second-order valence-corrected chi connectivity index (χ2v) is 4.12. The third-order valence-corrected chi connectivity index (χ3v) is 2.60. The number of H-pyrrole nitrogens is 1. The van der Waals surface area contributed by atoms with Gasteiger partial charge in [0.2, 0.25) is 5.88 Å². The maximum absolute atomic E-state index is 9.58. The fourth-order valence-electron chi connectivity index (χ4n) is 1.63. The van der Waals surface area contributed by atoms with Crippen molar-refractivity contribution in [3.63, 3.8) is 0 Å². The zero-order valence-electron chi connectivity index (χ0n) is 10.8. The average Bonchev–Trinajstić information content (AvgIpc) is 2.89. The highest BCUT2D eigenvalue weighted by atomic mass is 16.5. The van der Waals surface area contributed by atoms with Crippen LogP contribution in [0.2, 0.25) is 0 Å². The fraction of sp³-hybridized carbons (Fsp3) is 0.308. The first-order valence-electron chi connectivity index (χ1n) is 5.84. The fourth-order valence-corrected chi connectivity index (χ4v) is 1.63. The Morgan fingerprint density at radius 3 is 2.79 bits per heavy atom. The van der Waals surface area contributed by atoms with Gasteiger partial charge in [-0.1, -0.05) is 0 Å². The number of ether oxygens (including phenoxy) is 2. The van der Waals surface area contributed by atoms with E-state index < -0.39 is 0 Å². The molecule has 0 aliphatic heterocycles. The van der Waals surface area contributed by atoms with Gasteiger partial charge in [-0.25, -0.2) is 0 Å². The van der Waals surface area contributed by atoms with E-state index in [1.54, 1.807) is 25.1 Å². The molecule has 0 saturated carbocycles. The number of hydrogen-bond donors (Lipinski definition) is 3. The molecule has 0 amide bonds. The number of aromatic hydroxyl groups is 1. The molecule has 0 spiro atoms. The highest BCUT2D eigenvalue weighted by molar-refractivity contribution is 5.69. The first-order valence-corrected chi connectivity index (χ1v) is 5.84. The maximum atomic E-state index is 9.58. The van der Waals surface area contributed by atoms with E-state index in [4.69, 9.17) is 14.6 Å². The minimum Gasteiger partial charge on any atom is -0.508 e. The number of nitrogens with zero attached hydrogens (tertiary/aromatic N) is 1. The summed E-state index contributed by atoms with van der Waals surface area (Å²) in [6.07, 6.45) is -0.340. The van der Waals surface area contributed by atoms with E-state index >= 15 is 0 Å². The highest BCUT2D eigenvalue weighted by Gasteiger charge is 2.13. The number of rotatable bonds is 5. The van der Waals surface area contributed by atoms with Crippen molar-refractivity contribution in [2.45, 2.75) is 13.0 Å². The van der Waals surface area contributed by atoms with Gasteiger partial charge in [-0.2, -0.15) is 0 Å². The molecule has 19 heavy (non-hydrogen) atoms. The van der Waals surface area contributed by atoms with E-state index in [2.05, 4.69) is 10.2 Å². The Morgan fingerprint density at radius 1 is 1.37 bits per heavy atom. The molecule has 1 aromatic heterocycles. The number of methoxy groups -OCH3 is 1. The van der Waals surface area contributed by atoms with Crippen molar-refractivity contribution in [2.75, 3.05) is 13.7 Å². The second-order valence-electron chi connectivity index (χ2n) is 4.12. The van der Waals surface area contributed by atoms with Gasteiger partial charge < -0.3 is 19.7 Å². The molecule has 0 fully saturated rings. The number of aliphatic hydroxyl groups excluding tert-OH is 1. The van der Waals surface area contributed by atoms with Crippen molar-refractivity contribution in [3.05, 3.63) is 24.3 Å². The Morgan fingerprint density at radius 2 is 2.16 bits per heavy atom. The van der Waals surface area contributed by atoms with Crippen LogP contribution in [0.3, 0.4) is 0 Å². The van der Waals surface area contributed by atoms with Crippen LogP contribution in [-0.4, -0.2) is 40.2 Å². The van der Waals surface area contributed by atoms with E-state index in [-0.39, 0.29) is 18.5 Å². The number of aromatic nitrogens is 2. The summed E-state index contributed by atoms with van der Waals surface area (Å²) < 4.78 is 10.6. The minimum absolute atomic E-state index is 0.0907. The minimum atomic E-state index is -0.340. The molecule has 1 heterocycles. The van der Waals surface area contributed by atoms with Crippen molar-refractivity contribution < 1.29 is 19.7 Å². The number of aliphatic hydroxyl groups is 1. The summed E-state index contributed by atoms with van der Waals surface area (Å²) in [5.74, 6) is 1.11. The third-order valence-electron chi connectivity index (χ3n) is 2.60. The molecule has 0 aliphatic rings. The predicted molar refractivity (Wildman–Crippen MR) is 69.4 cm³/mol. The van der Waals surface area contributed by atoms with Crippen molar-refractivity contribution in [1.82, 2.24) is 10.2 Å². The van der Waals surface area contributed by atoms with Gasteiger partial charge in [0.15, 0.2) is 0 Å². The van der Waals surface area contributed by atoms with Crippen molar-refractivity contribution in [1.29, 1.82) is 0 Å². The summed E-state index contributed by atoms with van der Waals surface area (Å²) in [6, 6.07) is 6.43. The van der Waals surface area contributed by atoms with Crippen LogP contribution in [0.1, 0.15) is 6.92 Å². The zero-order valence-corrected chi connectivity index (χ0v) is 10.8. The molecular weight excluding hydrogens is 248 g/mol. The van der Waals surface area contributed by atoms with Gasteiger partial charge in [0, 0.05) is 11.6 Å². The lowest BCUT2D eigenvalue weighted by Crippen LogP contribution is -2.16. The predicted octanol–water partition coefficient (Wildman–Crippen LogP) is 1.55.